The third-order valence-corrected chi connectivity index (χ3v) is 6.65. The molecule has 0 N–H and O–H groups in total. The highest BCUT2D eigenvalue weighted by Gasteiger charge is 2.53. The van der Waals surface area contributed by atoms with Crippen molar-refractivity contribution in [3.05, 3.63) is 63.5 Å². The van der Waals surface area contributed by atoms with Gasteiger partial charge >= 0.3 is 41.2 Å². The maximum atomic E-state index is 13.8. The van der Waals surface area contributed by atoms with Gasteiger partial charge in [-0.2, -0.15) is 4.68 Å². The number of hydrogen-bond donors (Lipinski definition) is 0. The molecule has 7 atom stereocenters. The van der Waals surface area contributed by atoms with Crippen molar-refractivity contribution in [2.24, 2.45) is 0 Å². The van der Waals surface area contributed by atoms with Crippen LogP contribution in [0.5, 0.6) is 0 Å². The maximum absolute atomic E-state index is 13.8. The van der Waals surface area contributed by atoms with Crippen molar-refractivity contribution in [3.8, 4) is 5.69 Å². The third-order valence-electron chi connectivity index (χ3n) is 6.65. The SMILES string of the molecule is COC(=O)[C@@H]1C=C[C@H](O[C@@H]2O[C@H](COC(C)=O)[C@@H](OC(C)=O)[C@H](OC(C)=O)[C@H]2OC(C)=O)n2c(=O)n(-c3ccccc3)c(=O)n21. The molecule has 0 aliphatic carbocycles. The van der Waals surface area contributed by atoms with E-state index in [9.17, 15) is 33.6 Å². The van der Waals surface area contributed by atoms with Gasteiger partial charge in [-0.3, -0.25) is 19.2 Å². The van der Waals surface area contributed by atoms with Gasteiger partial charge in [0.05, 0.1) is 12.8 Å². The molecule has 1 aromatic carbocycles. The first kappa shape index (κ1) is 32.9. The van der Waals surface area contributed by atoms with Crippen molar-refractivity contribution < 1.29 is 57.1 Å². The monoisotopic (exact) mass is 633 g/mol. The van der Waals surface area contributed by atoms with Gasteiger partial charge in [0.25, 0.3) is 0 Å². The van der Waals surface area contributed by atoms with Crippen molar-refractivity contribution in [1.29, 1.82) is 0 Å². The molecule has 0 spiro atoms. The van der Waals surface area contributed by atoms with Gasteiger partial charge in [0.1, 0.15) is 12.7 Å². The Kier molecular flexibility index (Phi) is 10.0. The van der Waals surface area contributed by atoms with Crippen LogP contribution in [0.2, 0.25) is 0 Å². The van der Waals surface area contributed by atoms with Crippen LogP contribution in [0.3, 0.4) is 0 Å². The standard InChI is InChI=1S/C28H31N3O14/c1-14(32)40-13-20-22(41-15(2)33)23(42-16(3)34)24(43-17(4)35)26(44-20)45-21-12-11-19(25(36)39-5)30-27(37)29(28(38)31(21)30)18-9-7-6-8-10-18/h6-12,19-24,26H,13H2,1-5H3/t19-,20+,21-,22+,23-,24+,26-/m0/s1. The van der Waals surface area contributed by atoms with Crippen LogP contribution in [0.4, 0.5) is 0 Å². The van der Waals surface area contributed by atoms with E-state index >= 15 is 0 Å². The molecule has 1 aromatic heterocycles. The summed E-state index contributed by atoms with van der Waals surface area (Å²) in [7, 11) is 1.11. The van der Waals surface area contributed by atoms with Gasteiger partial charge in [0, 0.05) is 27.7 Å². The Morgan fingerprint density at radius 2 is 1.33 bits per heavy atom. The predicted molar refractivity (Wildman–Crippen MR) is 147 cm³/mol. The van der Waals surface area contributed by atoms with Gasteiger partial charge in [-0.15, -0.1) is 0 Å². The normalized spacial score (nSPS) is 25.4. The van der Waals surface area contributed by atoms with E-state index < -0.39 is 90.8 Å². The van der Waals surface area contributed by atoms with Gasteiger partial charge in [-0.1, -0.05) is 18.2 Å². The van der Waals surface area contributed by atoms with E-state index in [4.69, 9.17) is 33.2 Å². The third kappa shape index (κ3) is 7.04. The van der Waals surface area contributed by atoms with Gasteiger partial charge in [-0.05, 0) is 24.3 Å². The molecule has 2 aliphatic rings. The zero-order valence-electron chi connectivity index (χ0n) is 24.8. The molecule has 4 rings (SSSR count). The first-order valence-electron chi connectivity index (χ1n) is 13.6. The number of para-hydroxylation sites is 1. The minimum Gasteiger partial charge on any atom is -0.467 e. The number of ether oxygens (including phenoxy) is 7. The van der Waals surface area contributed by atoms with Crippen molar-refractivity contribution in [2.75, 3.05) is 13.7 Å². The maximum Gasteiger partial charge on any atom is 0.354 e. The number of rotatable bonds is 9. The Balaban J connectivity index is 1.83. The molecule has 1 fully saturated rings. The molecule has 0 radical (unpaired) electrons. The van der Waals surface area contributed by atoms with E-state index in [1.54, 1.807) is 18.2 Å². The molecule has 3 heterocycles. The number of benzene rings is 1. The fourth-order valence-electron chi connectivity index (χ4n) is 4.95. The van der Waals surface area contributed by atoms with Crippen LogP contribution in [0.25, 0.3) is 5.69 Å². The van der Waals surface area contributed by atoms with Crippen molar-refractivity contribution in [1.82, 2.24) is 13.9 Å². The van der Waals surface area contributed by atoms with Gasteiger partial charge in [0.2, 0.25) is 6.29 Å². The van der Waals surface area contributed by atoms with Crippen LogP contribution in [-0.4, -0.2) is 88.2 Å². The summed E-state index contributed by atoms with van der Waals surface area (Å²) in [6.45, 7) is 3.79. The highest BCUT2D eigenvalue weighted by atomic mass is 16.7. The summed E-state index contributed by atoms with van der Waals surface area (Å²) < 4.78 is 40.6. The summed E-state index contributed by atoms with van der Waals surface area (Å²) >= 11 is 0. The lowest BCUT2D eigenvalue weighted by Crippen LogP contribution is -2.63. The van der Waals surface area contributed by atoms with E-state index in [-0.39, 0.29) is 5.69 Å². The van der Waals surface area contributed by atoms with Crippen LogP contribution in [0.15, 0.2) is 52.1 Å². The van der Waals surface area contributed by atoms with Gasteiger partial charge < -0.3 is 33.2 Å². The Labute approximate surface area is 254 Å². The van der Waals surface area contributed by atoms with Crippen LogP contribution in [0, 0.1) is 0 Å². The molecule has 0 amide bonds. The van der Waals surface area contributed by atoms with Gasteiger partial charge in [0.15, 0.2) is 30.6 Å². The number of nitrogens with zero attached hydrogens (tertiary/aromatic N) is 3. The molecule has 45 heavy (non-hydrogen) atoms. The Bertz CT molecular complexity index is 1610. The number of carbonyl (C=O) groups is 5. The number of hydrogen-bond acceptors (Lipinski definition) is 14. The Morgan fingerprint density at radius 3 is 1.91 bits per heavy atom. The topological polar surface area (TPSA) is 199 Å². The first-order chi connectivity index (χ1) is 21.3. The lowest BCUT2D eigenvalue weighted by molar-refractivity contribution is -0.321. The predicted octanol–water partition coefficient (Wildman–Crippen LogP) is -0.317. The Hall–Kier alpha value is -5.03. The van der Waals surface area contributed by atoms with E-state index in [2.05, 4.69) is 0 Å². The second kappa shape index (κ2) is 13.7. The number of esters is 5. The van der Waals surface area contributed by atoms with Crippen LogP contribution < -0.4 is 11.4 Å². The molecule has 2 aromatic rings. The number of carbonyl (C=O) groups excluding carboxylic acids is 5. The number of aromatic nitrogens is 3. The summed E-state index contributed by atoms with van der Waals surface area (Å²) in [5.41, 5.74) is -1.63. The number of methoxy groups -OCH3 is 1. The average Bonchev–Trinajstić information content (AvgIpc) is 3.24. The van der Waals surface area contributed by atoms with E-state index in [0.29, 0.717) is 0 Å². The van der Waals surface area contributed by atoms with Crippen molar-refractivity contribution in [2.45, 2.75) is 70.7 Å². The molecule has 2 aliphatic heterocycles. The molecule has 17 heteroatoms. The zero-order valence-corrected chi connectivity index (χ0v) is 24.8. The molecule has 0 bridgehead atoms. The Morgan fingerprint density at radius 1 is 0.756 bits per heavy atom. The van der Waals surface area contributed by atoms with Crippen LogP contribution in [0.1, 0.15) is 40.0 Å². The van der Waals surface area contributed by atoms with Gasteiger partial charge in [-0.25, -0.2) is 23.6 Å². The summed E-state index contributed by atoms with van der Waals surface area (Å²) in [5.74, 6) is -4.13. The lowest BCUT2D eigenvalue weighted by Gasteiger charge is -2.44. The molecule has 242 valence electrons. The molecule has 1 saturated heterocycles. The molecular weight excluding hydrogens is 602 g/mol. The molecule has 17 nitrogen and oxygen atoms in total. The minimum atomic E-state index is -1.69. The summed E-state index contributed by atoms with van der Waals surface area (Å²) in [6.07, 6.45) is -6.57. The lowest BCUT2D eigenvalue weighted by atomic mass is 9.98. The second-order valence-corrected chi connectivity index (χ2v) is 9.87. The second-order valence-electron chi connectivity index (χ2n) is 9.87. The van der Waals surface area contributed by atoms with E-state index in [1.807, 2.05) is 0 Å². The van der Waals surface area contributed by atoms with E-state index in [1.165, 1.54) is 24.3 Å². The number of fused-ring (bicyclic) bond motifs is 1. The first-order valence-corrected chi connectivity index (χ1v) is 13.6. The average molecular weight is 634 g/mol. The molecule has 0 saturated carbocycles. The molecular formula is C28H31N3O14. The quantitative estimate of drug-likeness (QED) is 0.198. The fourth-order valence-corrected chi connectivity index (χ4v) is 4.95. The highest BCUT2D eigenvalue weighted by molar-refractivity contribution is 5.76. The van der Waals surface area contributed by atoms with Crippen LogP contribution >= 0.6 is 0 Å². The highest BCUT2D eigenvalue weighted by Crippen LogP contribution is 2.33. The van der Waals surface area contributed by atoms with Crippen molar-refractivity contribution >= 4 is 29.8 Å². The summed E-state index contributed by atoms with van der Waals surface area (Å²) in [6, 6.07) is 6.53. The largest absolute Gasteiger partial charge is 0.467 e. The van der Waals surface area contributed by atoms with Crippen LogP contribution in [-0.2, 0) is 57.1 Å². The minimum absolute atomic E-state index is 0.191. The van der Waals surface area contributed by atoms with Crippen molar-refractivity contribution in [3.63, 3.8) is 0 Å². The summed E-state index contributed by atoms with van der Waals surface area (Å²) in [5, 5.41) is 0. The molecule has 0 unspecified atom stereocenters. The smallest absolute Gasteiger partial charge is 0.354 e. The van der Waals surface area contributed by atoms with E-state index in [0.717, 1.165) is 48.7 Å². The summed E-state index contributed by atoms with van der Waals surface area (Å²) in [4.78, 5) is 88.0. The fraction of sp³-hybridized carbons (Fsp3) is 0.464. The zero-order chi connectivity index (χ0) is 33.0.